The summed E-state index contributed by atoms with van der Waals surface area (Å²) in [6, 6.07) is 7.88. The molecular formula is C16H14BrN3O5S. The molecule has 8 nitrogen and oxygen atoms in total. The van der Waals surface area contributed by atoms with Crippen LogP contribution in [0.25, 0.3) is 11.1 Å². The lowest BCUT2D eigenvalue weighted by molar-refractivity contribution is -0.384. The first-order valence-corrected chi connectivity index (χ1v) is 9.33. The van der Waals surface area contributed by atoms with E-state index < -0.39 is 10.7 Å². The van der Waals surface area contributed by atoms with Gasteiger partial charge in [-0.1, -0.05) is 0 Å². The topological polar surface area (TPSA) is 107 Å². The standard InChI is InChI=1S/C16H14BrN3O5S/c17-14-6-4-11(26-14)9-18-15(21)2-1-7-19-12-5-3-10(20(23)24)8-13(12)25-16(19)22/h3-6,8H,1-2,7,9H2,(H,18,21). The van der Waals surface area contributed by atoms with E-state index in [-0.39, 0.29) is 23.6 Å². The highest BCUT2D eigenvalue weighted by Crippen LogP contribution is 2.22. The number of hydrogen-bond donors (Lipinski definition) is 1. The Morgan fingerprint density at radius 1 is 1.35 bits per heavy atom. The van der Waals surface area contributed by atoms with Crippen LogP contribution in [0.1, 0.15) is 17.7 Å². The molecule has 1 aromatic carbocycles. The molecule has 0 spiro atoms. The van der Waals surface area contributed by atoms with Gasteiger partial charge in [0, 0.05) is 23.9 Å². The van der Waals surface area contributed by atoms with E-state index in [0.29, 0.717) is 25.0 Å². The third-order valence-corrected chi connectivity index (χ3v) is 5.36. The minimum absolute atomic E-state index is 0.106. The van der Waals surface area contributed by atoms with E-state index in [9.17, 15) is 19.7 Å². The number of nitrogens with zero attached hydrogens (tertiary/aromatic N) is 2. The highest BCUT2D eigenvalue weighted by Gasteiger charge is 2.14. The molecule has 136 valence electrons. The molecule has 0 fully saturated rings. The molecule has 0 saturated carbocycles. The summed E-state index contributed by atoms with van der Waals surface area (Å²) in [5.41, 5.74) is 0.499. The van der Waals surface area contributed by atoms with Crippen molar-refractivity contribution in [3.05, 3.63) is 59.7 Å². The maximum Gasteiger partial charge on any atom is 0.419 e. The Labute approximate surface area is 159 Å². The van der Waals surface area contributed by atoms with Gasteiger partial charge in [-0.2, -0.15) is 0 Å². The molecule has 1 N–H and O–H groups in total. The average Bonchev–Trinajstić information content (AvgIpc) is 3.15. The van der Waals surface area contributed by atoms with E-state index in [1.54, 1.807) is 11.3 Å². The zero-order valence-electron chi connectivity index (χ0n) is 13.4. The summed E-state index contributed by atoms with van der Waals surface area (Å²) < 4.78 is 7.44. The van der Waals surface area contributed by atoms with Crippen molar-refractivity contribution in [2.45, 2.75) is 25.9 Å². The molecule has 0 radical (unpaired) electrons. The molecule has 0 aliphatic rings. The summed E-state index contributed by atoms with van der Waals surface area (Å²) >= 11 is 4.92. The minimum atomic E-state index is -0.593. The quantitative estimate of drug-likeness (QED) is 0.448. The Morgan fingerprint density at radius 3 is 2.85 bits per heavy atom. The number of carbonyl (C=O) groups is 1. The number of rotatable bonds is 7. The van der Waals surface area contributed by atoms with Gasteiger partial charge in [-0.25, -0.2) is 4.79 Å². The fourth-order valence-corrected chi connectivity index (χ4v) is 3.92. The fraction of sp³-hybridized carbons (Fsp3) is 0.250. The number of nitrogens with one attached hydrogen (secondary N) is 1. The first-order valence-electron chi connectivity index (χ1n) is 7.73. The number of aromatic nitrogens is 1. The van der Waals surface area contributed by atoms with Gasteiger partial charge in [0.15, 0.2) is 5.58 Å². The molecule has 0 atom stereocenters. The van der Waals surface area contributed by atoms with Crippen LogP contribution in [0, 0.1) is 10.1 Å². The van der Waals surface area contributed by atoms with Gasteiger partial charge in [-0.3, -0.25) is 19.5 Å². The third kappa shape index (κ3) is 4.20. The summed E-state index contributed by atoms with van der Waals surface area (Å²) in [4.78, 5) is 35.1. The van der Waals surface area contributed by atoms with Crippen LogP contribution in [-0.2, 0) is 17.9 Å². The number of hydrogen-bond acceptors (Lipinski definition) is 6. The summed E-state index contributed by atoms with van der Waals surface area (Å²) in [6.07, 6.45) is 0.712. The van der Waals surface area contributed by atoms with Gasteiger partial charge in [0.25, 0.3) is 5.69 Å². The third-order valence-electron chi connectivity index (χ3n) is 3.74. The fourth-order valence-electron chi connectivity index (χ4n) is 2.50. The SMILES string of the molecule is O=C(CCCn1c(=O)oc2cc([N+](=O)[O-])ccc21)NCc1ccc(Br)s1. The molecule has 2 aromatic heterocycles. The molecule has 0 aliphatic carbocycles. The zero-order chi connectivity index (χ0) is 18.7. The lowest BCUT2D eigenvalue weighted by atomic mass is 10.2. The molecule has 0 aliphatic heterocycles. The van der Waals surface area contributed by atoms with Crippen LogP contribution in [0.3, 0.4) is 0 Å². The van der Waals surface area contributed by atoms with Crippen LogP contribution < -0.4 is 11.1 Å². The van der Waals surface area contributed by atoms with Crippen molar-refractivity contribution < 1.29 is 14.1 Å². The predicted octanol–water partition coefficient (Wildman–Crippen LogP) is 3.42. The number of amides is 1. The Bertz CT molecular complexity index is 1020. The molecule has 0 saturated heterocycles. The number of fused-ring (bicyclic) bond motifs is 1. The number of non-ortho nitro benzene ring substituents is 1. The molecular weight excluding hydrogens is 426 g/mol. The molecule has 3 rings (SSSR count). The van der Waals surface area contributed by atoms with E-state index in [1.807, 2.05) is 12.1 Å². The van der Waals surface area contributed by atoms with Crippen LogP contribution >= 0.6 is 27.3 Å². The number of halogens is 1. The highest BCUT2D eigenvalue weighted by molar-refractivity contribution is 9.11. The summed E-state index contributed by atoms with van der Waals surface area (Å²) in [5.74, 6) is -0.699. The number of aryl methyl sites for hydroxylation is 1. The number of nitro benzene ring substituents is 1. The second kappa shape index (κ2) is 7.83. The van der Waals surface area contributed by atoms with Gasteiger partial charge >= 0.3 is 5.76 Å². The summed E-state index contributed by atoms with van der Waals surface area (Å²) in [7, 11) is 0. The number of nitro groups is 1. The average molecular weight is 440 g/mol. The van der Waals surface area contributed by atoms with Crippen LogP contribution in [0.4, 0.5) is 5.69 Å². The number of thiophene rings is 1. The van der Waals surface area contributed by atoms with E-state index in [1.165, 1.54) is 22.8 Å². The molecule has 1 amide bonds. The van der Waals surface area contributed by atoms with Crippen LogP contribution in [0.15, 0.2) is 43.3 Å². The van der Waals surface area contributed by atoms with Gasteiger partial charge in [0.2, 0.25) is 5.91 Å². The number of benzene rings is 1. The van der Waals surface area contributed by atoms with Gasteiger partial charge in [0.1, 0.15) is 0 Å². The van der Waals surface area contributed by atoms with Crippen molar-refractivity contribution in [3.63, 3.8) is 0 Å². The maximum absolute atomic E-state index is 11.9. The van der Waals surface area contributed by atoms with Gasteiger partial charge in [0.05, 0.1) is 26.8 Å². The van der Waals surface area contributed by atoms with Crippen LogP contribution in [0.2, 0.25) is 0 Å². The Hall–Kier alpha value is -2.46. The summed E-state index contributed by atoms with van der Waals surface area (Å²) in [5, 5.41) is 13.6. The van der Waals surface area contributed by atoms with E-state index in [0.717, 1.165) is 8.66 Å². The highest BCUT2D eigenvalue weighted by atomic mass is 79.9. The van der Waals surface area contributed by atoms with Crippen molar-refractivity contribution >= 4 is 50.0 Å². The first kappa shape index (κ1) is 18.3. The van der Waals surface area contributed by atoms with Crippen molar-refractivity contribution in [2.75, 3.05) is 0 Å². The second-order valence-electron chi connectivity index (χ2n) is 5.51. The monoisotopic (exact) mass is 439 g/mol. The zero-order valence-corrected chi connectivity index (χ0v) is 15.8. The number of oxazole rings is 1. The molecule has 26 heavy (non-hydrogen) atoms. The smallest absolute Gasteiger partial charge is 0.407 e. The molecule has 0 bridgehead atoms. The lowest BCUT2D eigenvalue weighted by Crippen LogP contribution is -2.23. The molecule has 0 unspecified atom stereocenters. The Morgan fingerprint density at radius 2 is 2.15 bits per heavy atom. The van der Waals surface area contributed by atoms with Gasteiger partial charge < -0.3 is 9.73 Å². The van der Waals surface area contributed by atoms with Crippen molar-refractivity contribution in [2.24, 2.45) is 0 Å². The normalized spacial score (nSPS) is 11.0. The molecule has 3 aromatic rings. The first-order chi connectivity index (χ1) is 12.4. The maximum atomic E-state index is 11.9. The summed E-state index contributed by atoms with van der Waals surface area (Å²) in [6.45, 7) is 0.759. The van der Waals surface area contributed by atoms with Gasteiger partial charge in [-0.15, -0.1) is 11.3 Å². The second-order valence-corrected chi connectivity index (χ2v) is 8.06. The van der Waals surface area contributed by atoms with Crippen LogP contribution in [0.5, 0.6) is 0 Å². The lowest BCUT2D eigenvalue weighted by Gasteiger charge is -2.04. The van der Waals surface area contributed by atoms with E-state index >= 15 is 0 Å². The largest absolute Gasteiger partial charge is 0.419 e. The molecule has 2 heterocycles. The van der Waals surface area contributed by atoms with Gasteiger partial charge in [-0.05, 0) is 40.5 Å². The Kier molecular flexibility index (Phi) is 5.52. The van der Waals surface area contributed by atoms with Crippen molar-refractivity contribution in [1.29, 1.82) is 0 Å². The Balaban J connectivity index is 1.57. The van der Waals surface area contributed by atoms with Crippen molar-refractivity contribution in [3.8, 4) is 0 Å². The van der Waals surface area contributed by atoms with E-state index in [4.69, 9.17) is 4.42 Å². The van der Waals surface area contributed by atoms with E-state index in [2.05, 4.69) is 21.2 Å². The minimum Gasteiger partial charge on any atom is -0.407 e. The van der Waals surface area contributed by atoms with Crippen molar-refractivity contribution in [1.82, 2.24) is 9.88 Å². The molecule has 10 heteroatoms. The van der Waals surface area contributed by atoms with Crippen LogP contribution in [-0.4, -0.2) is 15.4 Å². The predicted molar refractivity (Wildman–Crippen MR) is 100 cm³/mol. The number of carbonyl (C=O) groups excluding carboxylic acids is 1.